The zero-order valence-corrected chi connectivity index (χ0v) is 11.9. The largest absolute Gasteiger partial charge is 0.458 e. The first-order valence-corrected chi connectivity index (χ1v) is 7.05. The number of rotatable bonds is 2. The van der Waals surface area contributed by atoms with Gasteiger partial charge in [0, 0.05) is 0 Å². The SMILES string of the molecule is Cc1ccccc1OC(=O)/N=N/C(=O)OC1CCCCC1. The number of aryl methyl sites for hydroxylation is 1. The van der Waals surface area contributed by atoms with E-state index < -0.39 is 12.2 Å². The van der Waals surface area contributed by atoms with Gasteiger partial charge in [0.25, 0.3) is 0 Å². The van der Waals surface area contributed by atoms with Gasteiger partial charge in [0.05, 0.1) is 0 Å². The Bertz CT molecular complexity index is 536. The molecule has 1 aliphatic carbocycles. The average Bonchev–Trinajstić information content (AvgIpc) is 2.49. The van der Waals surface area contributed by atoms with Gasteiger partial charge in [0.2, 0.25) is 0 Å². The quantitative estimate of drug-likeness (QED) is 0.755. The summed E-state index contributed by atoms with van der Waals surface area (Å²) in [5.41, 5.74) is 0.797. The third kappa shape index (κ3) is 4.98. The molecule has 0 radical (unpaired) electrons. The van der Waals surface area contributed by atoms with Crippen LogP contribution >= 0.6 is 0 Å². The molecule has 0 N–H and O–H groups in total. The lowest BCUT2D eigenvalue weighted by atomic mass is 9.98. The number of azo groups is 1. The highest BCUT2D eigenvalue weighted by Crippen LogP contribution is 2.21. The van der Waals surface area contributed by atoms with Gasteiger partial charge in [-0.25, -0.2) is 9.59 Å². The van der Waals surface area contributed by atoms with Crippen LogP contribution < -0.4 is 4.74 Å². The zero-order valence-electron chi connectivity index (χ0n) is 11.9. The van der Waals surface area contributed by atoms with Crippen molar-refractivity contribution in [2.75, 3.05) is 0 Å². The number of hydrogen-bond donors (Lipinski definition) is 0. The Labute approximate surface area is 123 Å². The molecule has 2 amide bonds. The van der Waals surface area contributed by atoms with Crippen molar-refractivity contribution >= 4 is 12.2 Å². The molecule has 112 valence electrons. The number of ether oxygens (including phenoxy) is 2. The molecule has 1 aromatic rings. The molecule has 6 nitrogen and oxygen atoms in total. The van der Waals surface area contributed by atoms with Gasteiger partial charge in [-0.2, -0.15) is 0 Å². The zero-order chi connectivity index (χ0) is 15.1. The number of carbonyl (C=O) groups is 2. The Balaban J connectivity index is 1.81. The lowest BCUT2D eigenvalue weighted by Gasteiger charge is -2.20. The minimum Gasteiger partial charge on any atom is -0.444 e. The summed E-state index contributed by atoms with van der Waals surface area (Å²) in [5, 5.41) is 6.45. The lowest BCUT2D eigenvalue weighted by Crippen LogP contribution is -2.19. The Kier molecular flexibility index (Phi) is 5.43. The summed E-state index contributed by atoms with van der Waals surface area (Å²) in [5.74, 6) is 0.391. The lowest BCUT2D eigenvalue weighted by molar-refractivity contribution is 0.0817. The van der Waals surface area contributed by atoms with E-state index >= 15 is 0 Å². The fourth-order valence-electron chi connectivity index (χ4n) is 2.22. The van der Waals surface area contributed by atoms with Gasteiger partial charge in [0.1, 0.15) is 11.9 Å². The molecule has 1 aromatic carbocycles. The normalized spacial score (nSPS) is 15.9. The van der Waals surface area contributed by atoms with Crippen molar-refractivity contribution in [3.63, 3.8) is 0 Å². The Hall–Kier alpha value is -2.24. The maximum atomic E-state index is 11.5. The number of hydrogen-bond acceptors (Lipinski definition) is 4. The number of para-hydroxylation sites is 1. The number of amides is 2. The smallest absolute Gasteiger partial charge is 0.444 e. The first-order chi connectivity index (χ1) is 10.1. The van der Waals surface area contributed by atoms with Crippen LogP contribution in [0.25, 0.3) is 0 Å². The maximum Gasteiger partial charge on any atom is 0.458 e. The summed E-state index contributed by atoms with van der Waals surface area (Å²) in [4.78, 5) is 22.9. The van der Waals surface area contributed by atoms with Crippen LogP contribution in [0.2, 0.25) is 0 Å². The average molecular weight is 290 g/mol. The van der Waals surface area contributed by atoms with Gasteiger partial charge < -0.3 is 9.47 Å². The molecule has 0 aromatic heterocycles. The van der Waals surface area contributed by atoms with E-state index in [9.17, 15) is 9.59 Å². The first-order valence-electron chi connectivity index (χ1n) is 7.05. The monoisotopic (exact) mass is 290 g/mol. The minimum absolute atomic E-state index is 0.113. The highest BCUT2D eigenvalue weighted by Gasteiger charge is 2.17. The van der Waals surface area contributed by atoms with E-state index in [2.05, 4.69) is 10.2 Å². The van der Waals surface area contributed by atoms with Crippen molar-refractivity contribution in [3.05, 3.63) is 29.8 Å². The summed E-state index contributed by atoms with van der Waals surface area (Å²) in [6.45, 7) is 1.80. The van der Waals surface area contributed by atoms with E-state index in [0.717, 1.165) is 31.2 Å². The molecule has 1 aliphatic rings. The minimum atomic E-state index is -0.940. The van der Waals surface area contributed by atoms with Crippen molar-refractivity contribution in [3.8, 4) is 5.75 Å². The van der Waals surface area contributed by atoms with Gasteiger partial charge in [-0.1, -0.05) is 34.8 Å². The molecule has 0 saturated heterocycles. The molecule has 0 bridgehead atoms. The maximum absolute atomic E-state index is 11.5. The molecule has 0 unspecified atom stereocenters. The van der Waals surface area contributed by atoms with Crippen LogP contribution in [0.5, 0.6) is 5.75 Å². The van der Waals surface area contributed by atoms with Crippen LogP contribution in [0.1, 0.15) is 37.7 Å². The summed E-state index contributed by atoms with van der Waals surface area (Å²) >= 11 is 0. The van der Waals surface area contributed by atoms with E-state index in [-0.39, 0.29) is 6.10 Å². The van der Waals surface area contributed by atoms with Crippen LogP contribution in [0, 0.1) is 6.92 Å². The summed E-state index contributed by atoms with van der Waals surface area (Å²) in [7, 11) is 0. The topological polar surface area (TPSA) is 77.3 Å². The molecule has 0 aliphatic heterocycles. The van der Waals surface area contributed by atoms with Crippen molar-refractivity contribution in [1.82, 2.24) is 0 Å². The van der Waals surface area contributed by atoms with Crippen molar-refractivity contribution in [2.24, 2.45) is 10.2 Å². The summed E-state index contributed by atoms with van der Waals surface area (Å²) in [6.07, 6.45) is 3.04. The second-order valence-corrected chi connectivity index (χ2v) is 4.98. The van der Waals surface area contributed by atoms with Crippen molar-refractivity contribution in [1.29, 1.82) is 0 Å². The van der Waals surface area contributed by atoms with Gasteiger partial charge in [-0.05, 0) is 44.2 Å². The summed E-state index contributed by atoms with van der Waals surface area (Å²) < 4.78 is 10.1. The van der Waals surface area contributed by atoms with Gasteiger partial charge >= 0.3 is 12.2 Å². The van der Waals surface area contributed by atoms with E-state index in [0.29, 0.717) is 5.75 Å². The third-order valence-corrected chi connectivity index (χ3v) is 3.32. The fraction of sp³-hybridized carbons (Fsp3) is 0.467. The van der Waals surface area contributed by atoms with Crippen LogP contribution in [-0.4, -0.2) is 18.3 Å². The number of benzene rings is 1. The molecule has 2 rings (SSSR count). The second-order valence-electron chi connectivity index (χ2n) is 4.98. The molecular weight excluding hydrogens is 272 g/mol. The molecule has 1 fully saturated rings. The van der Waals surface area contributed by atoms with Crippen LogP contribution in [0.15, 0.2) is 34.5 Å². The highest BCUT2D eigenvalue weighted by atomic mass is 16.6. The Morgan fingerprint density at radius 3 is 2.43 bits per heavy atom. The van der Waals surface area contributed by atoms with Gasteiger partial charge in [-0.15, -0.1) is 0 Å². The fourth-order valence-corrected chi connectivity index (χ4v) is 2.22. The van der Waals surface area contributed by atoms with Crippen LogP contribution in [0.3, 0.4) is 0 Å². The second kappa shape index (κ2) is 7.52. The molecular formula is C15H18N2O4. The van der Waals surface area contributed by atoms with Crippen LogP contribution in [-0.2, 0) is 4.74 Å². The molecule has 0 heterocycles. The Morgan fingerprint density at radius 2 is 1.71 bits per heavy atom. The molecule has 0 spiro atoms. The van der Waals surface area contributed by atoms with Crippen molar-refractivity contribution < 1.29 is 19.1 Å². The van der Waals surface area contributed by atoms with E-state index in [1.54, 1.807) is 25.1 Å². The highest BCUT2D eigenvalue weighted by molar-refractivity contribution is 5.75. The molecule has 6 heteroatoms. The first kappa shape index (κ1) is 15.2. The Morgan fingerprint density at radius 1 is 1.05 bits per heavy atom. The van der Waals surface area contributed by atoms with E-state index in [1.165, 1.54) is 6.42 Å². The predicted octanol–water partition coefficient (Wildman–Crippen LogP) is 4.42. The standard InChI is InChI=1S/C15H18N2O4/c1-11-7-5-6-10-13(11)21-15(19)17-16-14(18)20-12-8-3-2-4-9-12/h5-7,10,12H,2-4,8-9H2,1H3/b17-16+. The van der Waals surface area contributed by atoms with Crippen LogP contribution in [0.4, 0.5) is 9.59 Å². The summed E-state index contributed by atoms with van der Waals surface area (Å²) in [6, 6.07) is 7.01. The number of nitrogens with zero attached hydrogens (tertiary/aromatic N) is 2. The third-order valence-electron chi connectivity index (χ3n) is 3.32. The predicted molar refractivity (Wildman–Crippen MR) is 75.4 cm³/mol. The van der Waals surface area contributed by atoms with Gasteiger partial charge in [-0.3, -0.25) is 0 Å². The molecule has 0 atom stereocenters. The van der Waals surface area contributed by atoms with E-state index in [4.69, 9.17) is 9.47 Å². The van der Waals surface area contributed by atoms with Crippen molar-refractivity contribution in [2.45, 2.75) is 45.1 Å². The van der Waals surface area contributed by atoms with Gasteiger partial charge in [0.15, 0.2) is 0 Å². The number of carbonyl (C=O) groups excluding carboxylic acids is 2. The molecule has 1 saturated carbocycles. The molecule has 21 heavy (non-hydrogen) atoms. The van der Waals surface area contributed by atoms with E-state index in [1.807, 2.05) is 6.07 Å².